The monoisotopic (exact) mass is 392 g/mol. The molecule has 0 unspecified atom stereocenters. The van der Waals surface area contributed by atoms with Crippen molar-refractivity contribution in [2.75, 3.05) is 30.8 Å². The van der Waals surface area contributed by atoms with Crippen LogP contribution in [0, 0.1) is 12.7 Å². The van der Waals surface area contributed by atoms with Crippen molar-refractivity contribution >= 4 is 23.3 Å². The van der Waals surface area contributed by atoms with Crippen LogP contribution in [0.25, 0.3) is 0 Å². The number of rotatable bonds is 5. The molecule has 1 aliphatic rings. The van der Waals surface area contributed by atoms with Crippen LogP contribution in [-0.2, 0) is 14.4 Å². The lowest BCUT2D eigenvalue weighted by Gasteiger charge is -2.30. The number of aryl methyl sites for hydroxylation is 1. The number of hydroxylamine groups is 2. The largest absolute Gasteiger partial charge is 0.487 e. The number of benzene rings is 1. The van der Waals surface area contributed by atoms with Crippen molar-refractivity contribution in [2.45, 2.75) is 25.9 Å². The second-order valence-electron chi connectivity index (χ2n) is 6.31. The maximum absolute atomic E-state index is 14.3. The molecule has 1 saturated heterocycles. The standard InChI is InChI=1S/C18H21FN4O5/c1-11-9-16(22-28-11)21-18(25)17(24)20-12-3-4-15(14(19)10-12)27-13-5-7-23(26-2)8-6-13/h3-4,9-10,13H,5-8H2,1-2H3,(H,20,24)(H,21,22,25). The van der Waals surface area contributed by atoms with Gasteiger partial charge in [-0.15, -0.1) is 0 Å². The number of ether oxygens (including phenoxy) is 1. The smallest absolute Gasteiger partial charge is 0.315 e. The van der Waals surface area contributed by atoms with Crippen LogP contribution in [0.1, 0.15) is 18.6 Å². The maximum atomic E-state index is 14.3. The number of carbonyl (C=O) groups excluding carboxylic acids is 2. The summed E-state index contributed by atoms with van der Waals surface area (Å²) in [6, 6.07) is 5.46. The zero-order valence-corrected chi connectivity index (χ0v) is 15.5. The van der Waals surface area contributed by atoms with Gasteiger partial charge in [-0.1, -0.05) is 5.16 Å². The molecule has 1 fully saturated rings. The number of halogens is 1. The molecule has 0 radical (unpaired) electrons. The van der Waals surface area contributed by atoms with Gasteiger partial charge in [0.1, 0.15) is 11.9 Å². The lowest BCUT2D eigenvalue weighted by atomic mass is 10.1. The van der Waals surface area contributed by atoms with E-state index in [0.29, 0.717) is 31.7 Å². The van der Waals surface area contributed by atoms with E-state index in [0.717, 1.165) is 6.07 Å². The highest BCUT2D eigenvalue weighted by molar-refractivity contribution is 6.43. The third-order valence-electron chi connectivity index (χ3n) is 4.22. The Labute approximate surface area is 160 Å². The molecule has 0 bridgehead atoms. The molecule has 0 spiro atoms. The van der Waals surface area contributed by atoms with Crippen LogP contribution in [0.2, 0.25) is 0 Å². The molecule has 1 aliphatic heterocycles. The summed E-state index contributed by atoms with van der Waals surface area (Å²) >= 11 is 0. The average Bonchev–Trinajstić information content (AvgIpc) is 3.09. The number of piperidine rings is 1. The molecule has 2 amide bonds. The van der Waals surface area contributed by atoms with Crippen molar-refractivity contribution in [3.8, 4) is 5.75 Å². The van der Waals surface area contributed by atoms with Crippen molar-refractivity contribution < 1.29 is 28.1 Å². The fourth-order valence-corrected chi connectivity index (χ4v) is 2.77. The molecule has 150 valence electrons. The van der Waals surface area contributed by atoms with Crippen molar-refractivity contribution in [3.05, 3.63) is 35.8 Å². The Hall–Kier alpha value is -2.98. The number of nitrogens with one attached hydrogen (secondary N) is 2. The molecule has 9 nitrogen and oxygen atoms in total. The number of aromatic nitrogens is 1. The van der Waals surface area contributed by atoms with Gasteiger partial charge in [0.05, 0.1) is 7.11 Å². The second kappa shape index (κ2) is 8.81. The van der Waals surface area contributed by atoms with Crippen molar-refractivity contribution in [1.29, 1.82) is 0 Å². The quantitative estimate of drug-likeness (QED) is 0.751. The summed E-state index contributed by atoms with van der Waals surface area (Å²) in [5, 5.41) is 9.99. The van der Waals surface area contributed by atoms with Gasteiger partial charge in [0.15, 0.2) is 17.4 Å². The molecule has 1 aromatic heterocycles. The number of nitrogens with zero attached hydrogens (tertiary/aromatic N) is 2. The Morgan fingerprint density at radius 3 is 2.54 bits per heavy atom. The van der Waals surface area contributed by atoms with Gasteiger partial charge in [-0.25, -0.2) is 4.39 Å². The van der Waals surface area contributed by atoms with E-state index in [1.165, 1.54) is 18.2 Å². The molecule has 2 heterocycles. The van der Waals surface area contributed by atoms with Gasteiger partial charge in [-0.3, -0.25) is 14.9 Å². The van der Waals surface area contributed by atoms with Crippen LogP contribution in [0.4, 0.5) is 15.9 Å². The first-order valence-corrected chi connectivity index (χ1v) is 8.75. The third kappa shape index (κ3) is 5.05. The number of amides is 2. The average molecular weight is 392 g/mol. The van der Waals surface area contributed by atoms with Gasteiger partial charge >= 0.3 is 11.8 Å². The lowest BCUT2D eigenvalue weighted by molar-refractivity contribution is -0.152. The summed E-state index contributed by atoms with van der Waals surface area (Å²) in [5.41, 5.74) is 0.135. The predicted molar refractivity (Wildman–Crippen MR) is 97.1 cm³/mol. The van der Waals surface area contributed by atoms with Gasteiger partial charge in [-0.2, -0.15) is 5.06 Å². The Kier molecular flexibility index (Phi) is 6.22. The Morgan fingerprint density at radius 1 is 1.21 bits per heavy atom. The van der Waals surface area contributed by atoms with E-state index in [2.05, 4.69) is 15.8 Å². The van der Waals surface area contributed by atoms with Crippen molar-refractivity contribution in [3.63, 3.8) is 0 Å². The summed E-state index contributed by atoms with van der Waals surface area (Å²) in [5.74, 6) is -1.83. The molecule has 28 heavy (non-hydrogen) atoms. The highest BCUT2D eigenvalue weighted by Crippen LogP contribution is 2.25. The first-order chi connectivity index (χ1) is 13.4. The fraction of sp³-hybridized carbons (Fsp3) is 0.389. The molecule has 1 aromatic carbocycles. The minimum atomic E-state index is -0.958. The topological polar surface area (TPSA) is 106 Å². The van der Waals surface area contributed by atoms with Crippen LogP contribution in [-0.4, -0.2) is 48.3 Å². The maximum Gasteiger partial charge on any atom is 0.315 e. The van der Waals surface area contributed by atoms with Gasteiger partial charge in [-0.05, 0) is 31.9 Å². The van der Waals surface area contributed by atoms with Crippen LogP contribution < -0.4 is 15.4 Å². The van der Waals surface area contributed by atoms with Crippen molar-refractivity contribution in [1.82, 2.24) is 10.2 Å². The Balaban J connectivity index is 1.54. The Morgan fingerprint density at radius 2 is 1.93 bits per heavy atom. The molecule has 0 atom stereocenters. The molecule has 2 N–H and O–H groups in total. The van der Waals surface area contributed by atoms with Crippen LogP contribution in [0.3, 0.4) is 0 Å². The first kappa shape index (κ1) is 19.8. The lowest BCUT2D eigenvalue weighted by Crippen LogP contribution is -2.37. The fourth-order valence-electron chi connectivity index (χ4n) is 2.77. The second-order valence-corrected chi connectivity index (χ2v) is 6.31. The molecule has 0 aliphatic carbocycles. The highest BCUT2D eigenvalue weighted by Gasteiger charge is 2.22. The zero-order valence-electron chi connectivity index (χ0n) is 15.5. The van der Waals surface area contributed by atoms with E-state index in [4.69, 9.17) is 14.1 Å². The Bertz CT molecular complexity index is 848. The predicted octanol–water partition coefficient (Wildman–Crippen LogP) is 2.10. The zero-order chi connectivity index (χ0) is 20.1. The van der Waals surface area contributed by atoms with E-state index in [1.807, 2.05) is 5.06 Å². The van der Waals surface area contributed by atoms with E-state index in [-0.39, 0.29) is 23.4 Å². The molecular weight excluding hydrogens is 371 g/mol. The SMILES string of the molecule is CON1CCC(Oc2ccc(NC(=O)C(=O)Nc3cc(C)on3)cc2F)CC1. The number of carbonyl (C=O) groups is 2. The minimum Gasteiger partial charge on any atom is -0.487 e. The van der Waals surface area contributed by atoms with E-state index in [9.17, 15) is 14.0 Å². The summed E-state index contributed by atoms with van der Waals surface area (Å²) in [6.07, 6.45) is 1.32. The number of hydrogen-bond acceptors (Lipinski definition) is 7. The number of anilines is 2. The number of hydrogen-bond donors (Lipinski definition) is 2. The van der Waals surface area contributed by atoms with Gasteiger partial charge in [0.2, 0.25) is 0 Å². The molecule has 2 aromatic rings. The summed E-state index contributed by atoms with van der Waals surface area (Å²) in [4.78, 5) is 28.9. The van der Waals surface area contributed by atoms with Gasteiger partial charge in [0.25, 0.3) is 0 Å². The van der Waals surface area contributed by atoms with Crippen LogP contribution in [0.15, 0.2) is 28.8 Å². The van der Waals surface area contributed by atoms with Crippen molar-refractivity contribution in [2.24, 2.45) is 0 Å². The van der Waals surface area contributed by atoms with Crippen LogP contribution in [0.5, 0.6) is 5.75 Å². The minimum absolute atomic E-state index is 0.0939. The normalized spacial score (nSPS) is 15.2. The molecular formula is C18H21FN4O5. The third-order valence-corrected chi connectivity index (χ3v) is 4.22. The molecule has 10 heteroatoms. The van der Waals surface area contributed by atoms with Gasteiger partial charge in [0, 0.05) is 30.9 Å². The molecule has 3 rings (SSSR count). The summed E-state index contributed by atoms with van der Waals surface area (Å²) in [7, 11) is 1.61. The van der Waals surface area contributed by atoms with E-state index >= 15 is 0 Å². The first-order valence-electron chi connectivity index (χ1n) is 8.75. The van der Waals surface area contributed by atoms with Gasteiger partial charge < -0.3 is 19.4 Å². The molecule has 0 saturated carbocycles. The summed E-state index contributed by atoms with van der Waals surface area (Å²) in [6.45, 7) is 3.06. The van der Waals surface area contributed by atoms with E-state index in [1.54, 1.807) is 14.0 Å². The van der Waals surface area contributed by atoms with E-state index < -0.39 is 17.6 Å². The summed E-state index contributed by atoms with van der Waals surface area (Å²) < 4.78 is 24.8. The highest BCUT2D eigenvalue weighted by atomic mass is 19.1. The van der Waals surface area contributed by atoms with Crippen LogP contribution >= 0.6 is 0 Å².